The van der Waals surface area contributed by atoms with E-state index in [9.17, 15) is 13.6 Å². The number of hydrogen-bond acceptors (Lipinski definition) is 2. The van der Waals surface area contributed by atoms with Gasteiger partial charge < -0.3 is 9.67 Å². The molecule has 0 saturated carbocycles. The van der Waals surface area contributed by atoms with Crippen molar-refractivity contribution in [3.8, 4) is 16.9 Å². The van der Waals surface area contributed by atoms with E-state index in [-0.39, 0.29) is 5.75 Å². The summed E-state index contributed by atoms with van der Waals surface area (Å²) in [6.45, 7) is -0.620. The first kappa shape index (κ1) is 12.3. The quantitative estimate of drug-likeness (QED) is 0.910. The van der Waals surface area contributed by atoms with Gasteiger partial charge in [-0.1, -0.05) is 12.1 Å². The zero-order valence-electron chi connectivity index (χ0n) is 9.38. The van der Waals surface area contributed by atoms with E-state index in [2.05, 4.69) is 0 Å². The highest BCUT2D eigenvalue weighted by Gasteiger charge is 2.09. The van der Waals surface area contributed by atoms with Crippen LogP contribution in [0.25, 0.3) is 11.1 Å². The lowest BCUT2D eigenvalue weighted by Gasteiger charge is -2.07. The van der Waals surface area contributed by atoms with Gasteiger partial charge in [0.05, 0.1) is 6.54 Å². The minimum atomic E-state index is -2.57. The van der Waals surface area contributed by atoms with Gasteiger partial charge in [0.15, 0.2) is 0 Å². The number of phenols is 1. The summed E-state index contributed by atoms with van der Waals surface area (Å²) in [6.07, 6.45) is -1.24. The average molecular weight is 251 g/mol. The molecule has 0 aliphatic carbocycles. The number of hydrogen-bond donors (Lipinski definition) is 1. The standard InChI is InChI=1S/C13H11F2NO2/c14-12(15)8-16-7-1-2-11(13(16)18)9-3-5-10(17)6-4-9/h1-7,12,17H,8H2. The molecule has 18 heavy (non-hydrogen) atoms. The maximum atomic E-state index is 12.3. The van der Waals surface area contributed by atoms with Crippen LogP contribution in [0, 0.1) is 0 Å². The fourth-order valence-corrected chi connectivity index (χ4v) is 1.69. The molecule has 0 aliphatic rings. The molecule has 5 heteroatoms. The van der Waals surface area contributed by atoms with Gasteiger partial charge in [-0.15, -0.1) is 0 Å². The van der Waals surface area contributed by atoms with Crippen LogP contribution in [0.1, 0.15) is 0 Å². The van der Waals surface area contributed by atoms with Gasteiger partial charge in [-0.3, -0.25) is 4.79 Å². The Morgan fingerprint density at radius 2 is 1.83 bits per heavy atom. The topological polar surface area (TPSA) is 42.2 Å². The molecule has 0 amide bonds. The molecule has 0 aliphatic heterocycles. The first-order valence-electron chi connectivity index (χ1n) is 5.35. The van der Waals surface area contributed by atoms with E-state index in [1.807, 2.05) is 0 Å². The molecule has 3 nitrogen and oxygen atoms in total. The van der Waals surface area contributed by atoms with Gasteiger partial charge >= 0.3 is 0 Å². The van der Waals surface area contributed by atoms with Crippen molar-refractivity contribution in [3.05, 3.63) is 52.9 Å². The summed E-state index contributed by atoms with van der Waals surface area (Å²) >= 11 is 0. The fourth-order valence-electron chi connectivity index (χ4n) is 1.69. The molecule has 0 unspecified atom stereocenters. The largest absolute Gasteiger partial charge is 0.508 e. The van der Waals surface area contributed by atoms with E-state index >= 15 is 0 Å². The number of phenolic OH excluding ortho intramolecular Hbond substituents is 1. The summed E-state index contributed by atoms with van der Waals surface area (Å²) in [5.41, 5.74) is 0.447. The summed E-state index contributed by atoms with van der Waals surface area (Å²) in [7, 11) is 0. The average Bonchev–Trinajstić information content (AvgIpc) is 2.33. The summed E-state index contributed by atoms with van der Waals surface area (Å²) < 4.78 is 25.6. The molecular formula is C13H11F2NO2. The van der Waals surface area contributed by atoms with Crippen LogP contribution in [0.5, 0.6) is 5.75 Å². The Labute approximate surface area is 102 Å². The van der Waals surface area contributed by atoms with Gasteiger partial charge in [0.2, 0.25) is 0 Å². The highest BCUT2D eigenvalue weighted by Crippen LogP contribution is 2.18. The van der Waals surface area contributed by atoms with Crippen LogP contribution in [0.2, 0.25) is 0 Å². The molecule has 94 valence electrons. The number of nitrogens with zero attached hydrogens (tertiary/aromatic N) is 1. The van der Waals surface area contributed by atoms with Crippen molar-refractivity contribution in [2.24, 2.45) is 0 Å². The number of aromatic hydroxyl groups is 1. The van der Waals surface area contributed by atoms with Crippen molar-refractivity contribution in [2.45, 2.75) is 13.0 Å². The Bertz CT molecular complexity index is 591. The molecule has 0 bridgehead atoms. The normalized spacial score (nSPS) is 10.8. The van der Waals surface area contributed by atoms with E-state index in [0.29, 0.717) is 11.1 Å². The van der Waals surface area contributed by atoms with Gasteiger partial charge in [-0.05, 0) is 29.8 Å². The molecule has 0 fully saturated rings. The molecule has 2 rings (SSSR count). The SMILES string of the molecule is O=c1c(-c2ccc(O)cc2)cccn1CC(F)F. The van der Waals surface area contributed by atoms with Crippen molar-refractivity contribution in [1.29, 1.82) is 0 Å². The van der Waals surface area contributed by atoms with Crippen molar-refractivity contribution in [2.75, 3.05) is 0 Å². The Hall–Kier alpha value is -2.17. The van der Waals surface area contributed by atoms with E-state index in [0.717, 1.165) is 4.57 Å². The van der Waals surface area contributed by atoms with Crippen molar-refractivity contribution in [3.63, 3.8) is 0 Å². The molecule has 2 aromatic rings. The fraction of sp³-hybridized carbons (Fsp3) is 0.154. The summed E-state index contributed by atoms with van der Waals surface area (Å²) in [5, 5.41) is 9.16. The first-order chi connectivity index (χ1) is 8.58. The first-order valence-corrected chi connectivity index (χ1v) is 5.35. The lowest BCUT2D eigenvalue weighted by molar-refractivity contribution is 0.125. The number of aromatic nitrogens is 1. The molecule has 0 radical (unpaired) electrons. The number of halogens is 2. The van der Waals surface area contributed by atoms with Crippen LogP contribution in [-0.2, 0) is 6.54 Å². The lowest BCUT2D eigenvalue weighted by Crippen LogP contribution is -2.23. The Kier molecular flexibility index (Phi) is 3.41. The van der Waals surface area contributed by atoms with Crippen molar-refractivity contribution >= 4 is 0 Å². The number of rotatable bonds is 3. The molecule has 0 spiro atoms. The van der Waals surface area contributed by atoms with E-state index < -0.39 is 18.5 Å². The number of benzene rings is 1. The van der Waals surface area contributed by atoms with Gasteiger partial charge in [0, 0.05) is 11.8 Å². The van der Waals surface area contributed by atoms with Gasteiger partial charge in [0.1, 0.15) is 5.75 Å². The van der Waals surface area contributed by atoms with Crippen LogP contribution in [0.15, 0.2) is 47.4 Å². The molecule has 0 atom stereocenters. The molecule has 1 N–H and O–H groups in total. The second-order valence-electron chi connectivity index (χ2n) is 3.82. The van der Waals surface area contributed by atoms with Crippen LogP contribution in [0.3, 0.4) is 0 Å². The van der Waals surface area contributed by atoms with Gasteiger partial charge in [-0.2, -0.15) is 0 Å². The third-order valence-electron chi connectivity index (χ3n) is 2.53. The molecule has 1 aromatic heterocycles. The van der Waals surface area contributed by atoms with Crippen LogP contribution in [0.4, 0.5) is 8.78 Å². The highest BCUT2D eigenvalue weighted by atomic mass is 19.3. The van der Waals surface area contributed by atoms with Crippen LogP contribution < -0.4 is 5.56 Å². The van der Waals surface area contributed by atoms with E-state index in [4.69, 9.17) is 5.11 Å². The maximum Gasteiger partial charge on any atom is 0.258 e. The molecule has 1 aromatic carbocycles. The second-order valence-corrected chi connectivity index (χ2v) is 3.82. The Balaban J connectivity index is 2.46. The van der Waals surface area contributed by atoms with Crippen molar-refractivity contribution < 1.29 is 13.9 Å². The minimum Gasteiger partial charge on any atom is -0.508 e. The number of alkyl halides is 2. The molecule has 1 heterocycles. The zero-order valence-corrected chi connectivity index (χ0v) is 9.38. The second kappa shape index (κ2) is 5.00. The van der Waals surface area contributed by atoms with Crippen molar-refractivity contribution in [1.82, 2.24) is 4.57 Å². The smallest absolute Gasteiger partial charge is 0.258 e. The zero-order chi connectivity index (χ0) is 13.1. The molecule has 0 saturated heterocycles. The predicted molar refractivity (Wildman–Crippen MR) is 63.8 cm³/mol. The van der Waals surface area contributed by atoms with E-state index in [1.54, 1.807) is 24.3 Å². The third-order valence-corrected chi connectivity index (χ3v) is 2.53. The monoisotopic (exact) mass is 251 g/mol. The predicted octanol–water partition coefficient (Wildman–Crippen LogP) is 2.49. The van der Waals surface area contributed by atoms with Crippen LogP contribution >= 0.6 is 0 Å². The van der Waals surface area contributed by atoms with Crippen LogP contribution in [-0.4, -0.2) is 16.1 Å². The Morgan fingerprint density at radius 3 is 2.44 bits per heavy atom. The van der Waals surface area contributed by atoms with E-state index in [1.165, 1.54) is 18.3 Å². The summed E-state index contributed by atoms with van der Waals surface area (Å²) in [4.78, 5) is 12.0. The lowest BCUT2D eigenvalue weighted by atomic mass is 10.1. The summed E-state index contributed by atoms with van der Waals surface area (Å²) in [5.74, 6) is 0.0857. The van der Waals surface area contributed by atoms with Gasteiger partial charge in [0.25, 0.3) is 12.0 Å². The minimum absolute atomic E-state index is 0.0857. The Morgan fingerprint density at radius 1 is 1.17 bits per heavy atom. The molecular weight excluding hydrogens is 240 g/mol. The number of pyridine rings is 1. The maximum absolute atomic E-state index is 12.3. The van der Waals surface area contributed by atoms with Gasteiger partial charge in [-0.25, -0.2) is 8.78 Å². The third kappa shape index (κ3) is 2.56. The highest BCUT2D eigenvalue weighted by molar-refractivity contribution is 5.62. The summed E-state index contributed by atoms with van der Waals surface area (Å²) in [6, 6.07) is 9.14.